The van der Waals surface area contributed by atoms with Crippen LogP contribution in [0.15, 0.2) is 24.3 Å². The fourth-order valence-corrected chi connectivity index (χ4v) is 2.14. The maximum Gasteiger partial charge on any atom is 0.515 e. The molecule has 0 unspecified atom stereocenters. The zero-order valence-electron chi connectivity index (χ0n) is 14.9. The summed E-state index contributed by atoms with van der Waals surface area (Å²) in [4.78, 5) is 15.1. The third-order valence-corrected chi connectivity index (χ3v) is 3.59. The van der Waals surface area contributed by atoms with E-state index in [1.54, 1.807) is 12.1 Å². The van der Waals surface area contributed by atoms with Crippen molar-refractivity contribution in [1.29, 1.82) is 0 Å². The summed E-state index contributed by atoms with van der Waals surface area (Å²) >= 11 is 0. The molecule has 2 rings (SSSR count). The van der Waals surface area contributed by atoms with Crippen LogP contribution in [-0.2, 0) is 11.3 Å². The minimum atomic E-state index is -0.891. The number of likely N-dealkylation sites (N-methyl/N-ethyl adjacent to an activating group) is 1. The third kappa shape index (κ3) is 6.16. The Morgan fingerprint density at radius 1 is 1.23 bits per heavy atom. The van der Waals surface area contributed by atoms with Gasteiger partial charge in [0.15, 0.2) is 0 Å². The fraction of sp³-hybridized carbons (Fsp3) is 0.438. The molecule has 0 spiro atoms. The van der Waals surface area contributed by atoms with E-state index in [2.05, 4.69) is 39.0 Å². The average Bonchev–Trinajstić information content (AvgIpc) is 2.99. The lowest BCUT2D eigenvalue weighted by Gasteiger charge is -2.16. The molecule has 1 heterocycles. The SMILES string of the molecule is CCN(CC)CCn1nc(Nc2ccc(F)cc2)c(OC(=O)OC)n1.Cl. The molecule has 8 nitrogen and oxygen atoms in total. The highest BCUT2D eigenvalue weighted by Crippen LogP contribution is 2.24. The summed E-state index contributed by atoms with van der Waals surface area (Å²) in [5.74, 6) is -0.105. The Morgan fingerprint density at radius 3 is 2.46 bits per heavy atom. The number of carbonyl (C=O) groups is 1. The summed E-state index contributed by atoms with van der Waals surface area (Å²) in [5, 5.41) is 11.4. The van der Waals surface area contributed by atoms with Crippen molar-refractivity contribution in [2.75, 3.05) is 32.1 Å². The third-order valence-electron chi connectivity index (χ3n) is 3.59. The standard InChI is InChI=1S/C16H22FN5O3.ClH/c1-4-21(5-2)10-11-22-19-14(15(20-22)25-16(23)24-3)18-13-8-6-12(17)7-9-13;/h6-9H,4-5,10-11H2,1-3H3,(H,18,19);1H. The number of nitrogens with one attached hydrogen (secondary N) is 1. The van der Waals surface area contributed by atoms with Crippen LogP contribution in [0.2, 0.25) is 0 Å². The molecule has 0 aliphatic heterocycles. The van der Waals surface area contributed by atoms with E-state index in [-0.39, 0.29) is 29.9 Å². The van der Waals surface area contributed by atoms with Crippen LogP contribution in [0.4, 0.5) is 20.7 Å². The van der Waals surface area contributed by atoms with E-state index in [1.807, 2.05) is 0 Å². The summed E-state index contributed by atoms with van der Waals surface area (Å²) in [6, 6.07) is 5.72. The van der Waals surface area contributed by atoms with Crippen molar-refractivity contribution in [3.05, 3.63) is 30.1 Å². The lowest BCUT2D eigenvalue weighted by molar-refractivity contribution is 0.119. The molecule has 0 saturated carbocycles. The van der Waals surface area contributed by atoms with Gasteiger partial charge in [-0.3, -0.25) is 0 Å². The highest BCUT2D eigenvalue weighted by atomic mass is 35.5. The number of ether oxygens (including phenoxy) is 2. The molecule has 0 aliphatic carbocycles. The molecule has 1 aromatic carbocycles. The van der Waals surface area contributed by atoms with E-state index in [0.717, 1.165) is 19.6 Å². The van der Waals surface area contributed by atoms with Gasteiger partial charge in [0.05, 0.1) is 13.7 Å². The first kappa shape index (κ1) is 21.7. The number of hydrogen-bond acceptors (Lipinski definition) is 7. The van der Waals surface area contributed by atoms with Crippen LogP contribution in [0.3, 0.4) is 0 Å². The number of hydrogen-bond donors (Lipinski definition) is 1. The number of aromatic nitrogens is 3. The number of halogens is 2. The summed E-state index contributed by atoms with van der Waals surface area (Å²) in [5.41, 5.74) is 0.590. The summed E-state index contributed by atoms with van der Waals surface area (Å²) in [6.45, 7) is 7.29. The molecule has 0 radical (unpaired) electrons. The summed E-state index contributed by atoms with van der Waals surface area (Å²) in [7, 11) is 1.21. The predicted molar refractivity (Wildman–Crippen MR) is 97.8 cm³/mol. The van der Waals surface area contributed by atoms with Gasteiger partial charge in [0, 0.05) is 12.2 Å². The van der Waals surface area contributed by atoms with Crippen molar-refractivity contribution < 1.29 is 18.7 Å². The molecule has 0 atom stereocenters. The molecular formula is C16H23ClFN5O3. The van der Waals surface area contributed by atoms with Gasteiger partial charge in [-0.25, -0.2) is 9.18 Å². The normalized spacial score (nSPS) is 10.3. The van der Waals surface area contributed by atoms with E-state index < -0.39 is 6.16 Å². The maximum absolute atomic E-state index is 13.0. The van der Waals surface area contributed by atoms with Crippen LogP contribution in [0.5, 0.6) is 5.88 Å². The first-order valence-electron chi connectivity index (χ1n) is 8.01. The number of nitrogens with zero attached hydrogens (tertiary/aromatic N) is 4. The van der Waals surface area contributed by atoms with Gasteiger partial charge in [-0.2, -0.15) is 4.80 Å². The molecule has 10 heteroatoms. The Hall–Kier alpha value is -2.39. The Labute approximate surface area is 157 Å². The van der Waals surface area contributed by atoms with E-state index in [9.17, 15) is 9.18 Å². The lowest BCUT2D eigenvalue weighted by Crippen LogP contribution is -2.27. The van der Waals surface area contributed by atoms with Crippen molar-refractivity contribution >= 4 is 30.1 Å². The molecule has 0 bridgehead atoms. The number of carbonyl (C=O) groups excluding carboxylic acids is 1. The minimum Gasteiger partial charge on any atom is -0.437 e. The quantitative estimate of drug-likeness (QED) is 0.697. The second kappa shape index (κ2) is 10.6. The Bertz CT molecular complexity index is 692. The first-order chi connectivity index (χ1) is 12.0. The highest BCUT2D eigenvalue weighted by Gasteiger charge is 2.17. The van der Waals surface area contributed by atoms with Crippen LogP contribution < -0.4 is 10.1 Å². The van der Waals surface area contributed by atoms with Crippen molar-refractivity contribution in [2.45, 2.75) is 20.4 Å². The fourth-order valence-electron chi connectivity index (χ4n) is 2.14. The zero-order chi connectivity index (χ0) is 18.2. The molecular weight excluding hydrogens is 365 g/mol. The number of anilines is 2. The summed E-state index contributed by atoms with van der Waals surface area (Å²) in [6.07, 6.45) is -0.891. The molecule has 0 aliphatic rings. The van der Waals surface area contributed by atoms with E-state index >= 15 is 0 Å². The predicted octanol–water partition coefficient (Wildman–Crippen LogP) is 3.07. The number of methoxy groups -OCH3 is 1. The molecule has 0 saturated heterocycles. The largest absolute Gasteiger partial charge is 0.515 e. The topological polar surface area (TPSA) is 81.5 Å². The average molecular weight is 388 g/mol. The van der Waals surface area contributed by atoms with Gasteiger partial charge in [-0.15, -0.1) is 22.6 Å². The van der Waals surface area contributed by atoms with Crippen LogP contribution in [0.1, 0.15) is 13.8 Å². The van der Waals surface area contributed by atoms with Crippen molar-refractivity contribution in [3.8, 4) is 5.88 Å². The zero-order valence-corrected chi connectivity index (χ0v) is 15.8. The minimum absolute atomic E-state index is 0. The van der Waals surface area contributed by atoms with Gasteiger partial charge in [-0.1, -0.05) is 13.8 Å². The van der Waals surface area contributed by atoms with E-state index in [4.69, 9.17) is 4.74 Å². The Morgan fingerprint density at radius 2 is 1.88 bits per heavy atom. The van der Waals surface area contributed by atoms with Gasteiger partial charge in [0.1, 0.15) is 5.82 Å². The second-order valence-corrected chi connectivity index (χ2v) is 5.16. The van der Waals surface area contributed by atoms with Crippen molar-refractivity contribution in [2.24, 2.45) is 0 Å². The highest BCUT2D eigenvalue weighted by molar-refractivity contribution is 5.85. The molecule has 0 fully saturated rings. The number of rotatable bonds is 8. The summed E-state index contributed by atoms with van der Waals surface area (Å²) < 4.78 is 22.5. The van der Waals surface area contributed by atoms with Gasteiger partial charge in [-0.05, 0) is 37.4 Å². The molecule has 0 amide bonds. The van der Waals surface area contributed by atoms with Crippen LogP contribution in [-0.4, -0.2) is 52.8 Å². The molecule has 1 aromatic heterocycles. The first-order valence-corrected chi connectivity index (χ1v) is 8.01. The molecule has 144 valence electrons. The Kier molecular flexibility index (Phi) is 8.80. The van der Waals surface area contributed by atoms with Gasteiger partial charge in [0.2, 0.25) is 5.82 Å². The van der Waals surface area contributed by atoms with Gasteiger partial charge >= 0.3 is 6.16 Å². The van der Waals surface area contributed by atoms with Gasteiger partial charge in [0.25, 0.3) is 5.88 Å². The van der Waals surface area contributed by atoms with Crippen LogP contribution in [0.25, 0.3) is 0 Å². The molecule has 26 heavy (non-hydrogen) atoms. The van der Waals surface area contributed by atoms with Gasteiger partial charge < -0.3 is 19.7 Å². The van der Waals surface area contributed by atoms with E-state index in [1.165, 1.54) is 24.0 Å². The van der Waals surface area contributed by atoms with Crippen molar-refractivity contribution in [1.82, 2.24) is 19.9 Å². The maximum atomic E-state index is 13.0. The molecule has 2 aromatic rings. The Balaban J connectivity index is 0.00000338. The van der Waals surface area contributed by atoms with Crippen LogP contribution in [0, 0.1) is 5.82 Å². The smallest absolute Gasteiger partial charge is 0.437 e. The monoisotopic (exact) mass is 387 g/mol. The lowest BCUT2D eigenvalue weighted by atomic mass is 10.3. The van der Waals surface area contributed by atoms with Crippen LogP contribution >= 0.6 is 12.4 Å². The molecule has 1 N–H and O–H groups in total. The second-order valence-electron chi connectivity index (χ2n) is 5.16. The number of benzene rings is 1. The van der Waals surface area contributed by atoms with E-state index in [0.29, 0.717) is 12.2 Å². The van der Waals surface area contributed by atoms with Crippen molar-refractivity contribution in [3.63, 3.8) is 0 Å².